The molecule has 1 saturated heterocycles. The van der Waals surface area contributed by atoms with Gasteiger partial charge < -0.3 is 10.0 Å². The van der Waals surface area contributed by atoms with Gasteiger partial charge in [-0.2, -0.15) is 11.8 Å². The molecule has 1 amide bonds. The van der Waals surface area contributed by atoms with Crippen molar-refractivity contribution in [3.05, 3.63) is 47.7 Å². The first kappa shape index (κ1) is 13.7. The number of rotatable bonds is 2. The first-order chi connectivity index (χ1) is 9.58. The second kappa shape index (κ2) is 4.93. The molecule has 3 rings (SSSR count). The van der Waals surface area contributed by atoms with E-state index in [4.69, 9.17) is 0 Å². The minimum atomic E-state index is -0.409. The number of fused-ring (bicyclic) bond motifs is 1. The van der Waals surface area contributed by atoms with E-state index in [9.17, 15) is 9.90 Å². The number of nitrogens with zero attached hydrogens (tertiary/aromatic N) is 1. The summed E-state index contributed by atoms with van der Waals surface area (Å²) in [7, 11) is 1.84. The monoisotopic (exact) mass is 289 g/mol. The Kier molecular flexibility index (Phi) is 3.38. The summed E-state index contributed by atoms with van der Waals surface area (Å²) in [6, 6.07) is 10.1. The summed E-state index contributed by atoms with van der Waals surface area (Å²) in [4.78, 5) is 14.0. The Balaban J connectivity index is 2.14. The van der Waals surface area contributed by atoms with Crippen molar-refractivity contribution >= 4 is 17.7 Å². The van der Waals surface area contributed by atoms with E-state index in [1.165, 1.54) is 0 Å². The van der Waals surface area contributed by atoms with E-state index in [-0.39, 0.29) is 16.6 Å². The maximum absolute atomic E-state index is 12.2. The molecule has 2 aliphatic rings. The first-order valence-corrected chi connectivity index (χ1v) is 8.12. The van der Waals surface area contributed by atoms with Gasteiger partial charge in [0.2, 0.25) is 5.91 Å². The van der Waals surface area contributed by atoms with Crippen LogP contribution in [0.4, 0.5) is 0 Å². The van der Waals surface area contributed by atoms with Gasteiger partial charge in [-0.25, -0.2) is 0 Å². The fourth-order valence-electron chi connectivity index (χ4n) is 3.46. The van der Waals surface area contributed by atoms with Gasteiger partial charge >= 0.3 is 0 Å². The van der Waals surface area contributed by atoms with E-state index >= 15 is 0 Å². The third-order valence-corrected chi connectivity index (χ3v) is 5.53. The number of amides is 1. The molecule has 3 nitrogen and oxygen atoms in total. The van der Waals surface area contributed by atoms with E-state index in [1.807, 2.05) is 31.5 Å². The molecule has 1 heterocycles. The molecule has 1 N–H and O–H groups in total. The van der Waals surface area contributed by atoms with Gasteiger partial charge in [0.25, 0.3) is 0 Å². The van der Waals surface area contributed by atoms with E-state index in [0.717, 1.165) is 11.3 Å². The van der Waals surface area contributed by atoms with Crippen molar-refractivity contribution in [2.24, 2.45) is 0 Å². The van der Waals surface area contributed by atoms with Crippen molar-refractivity contribution in [2.75, 3.05) is 13.3 Å². The molecule has 1 aliphatic carbocycles. The summed E-state index contributed by atoms with van der Waals surface area (Å²) >= 11 is 1.64. The van der Waals surface area contributed by atoms with Crippen LogP contribution < -0.4 is 0 Å². The molecule has 1 aromatic rings. The van der Waals surface area contributed by atoms with Crippen LogP contribution in [0.15, 0.2) is 42.1 Å². The molecule has 0 bridgehead atoms. The molecule has 4 heteroatoms. The van der Waals surface area contributed by atoms with Crippen LogP contribution in [0.1, 0.15) is 18.4 Å². The number of likely N-dealkylation sites (N-methyl/N-ethyl adjacent to an activating group) is 1. The largest absolute Gasteiger partial charge is 0.392 e. The van der Waals surface area contributed by atoms with Crippen molar-refractivity contribution in [1.82, 2.24) is 4.90 Å². The highest BCUT2D eigenvalue weighted by molar-refractivity contribution is 7.99. The second-order valence-corrected chi connectivity index (χ2v) is 6.62. The van der Waals surface area contributed by atoms with Crippen molar-refractivity contribution in [1.29, 1.82) is 0 Å². The van der Waals surface area contributed by atoms with E-state index in [2.05, 4.69) is 18.2 Å². The van der Waals surface area contributed by atoms with Crippen LogP contribution in [0.3, 0.4) is 0 Å². The molecule has 3 atom stereocenters. The van der Waals surface area contributed by atoms with Crippen LogP contribution in [0.25, 0.3) is 0 Å². The van der Waals surface area contributed by atoms with Crippen molar-refractivity contribution in [2.45, 2.75) is 29.6 Å². The molecule has 1 aliphatic heterocycles. The van der Waals surface area contributed by atoms with E-state index in [1.54, 1.807) is 16.7 Å². The average Bonchev–Trinajstić information content (AvgIpc) is 2.71. The zero-order valence-electron chi connectivity index (χ0n) is 11.7. The summed E-state index contributed by atoms with van der Waals surface area (Å²) in [6.07, 6.45) is 4.74. The fourth-order valence-corrected chi connectivity index (χ4v) is 4.14. The second-order valence-electron chi connectivity index (χ2n) is 5.60. The van der Waals surface area contributed by atoms with Crippen LogP contribution in [0.2, 0.25) is 0 Å². The standard InChI is InChI=1S/C16H19NO2S/c1-17-14-8-13(20-2)12(18)9-16(14,10-15(17)19)11-6-4-3-5-7-11/h3-8,12-13,18H,9-10H2,1-2H3/t12-,13+,16+/m0/s1. The van der Waals surface area contributed by atoms with Gasteiger partial charge in [-0.05, 0) is 24.3 Å². The lowest BCUT2D eigenvalue weighted by Gasteiger charge is -2.39. The topological polar surface area (TPSA) is 40.5 Å². The molecule has 0 saturated carbocycles. The normalized spacial score (nSPS) is 33.0. The number of aliphatic hydroxyl groups is 1. The minimum Gasteiger partial charge on any atom is -0.392 e. The Labute approximate surface area is 123 Å². The Hall–Kier alpha value is -1.26. The van der Waals surface area contributed by atoms with Crippen LogP contribution in [-0.2, 0) is 10.2 Å². The maximum Gasteiger partial charge on any atom is 0.227 e. The van der Waals surface area contributed by atoms with Crippen LogP contribution in [-0.4, -0.2) is 40.6 Å². The molecule has 20 heavy (non-hydrogen) atoms. The zero-order valence-corrected chi connectivity index (χ0v) is 12.6. The molecule has 1 fully saturated rings. The molecular weight excluding hydrogens is 270 g/mol. The van der Waals surface area contributed by atoms with Crippen LogP contribution in [0, 0.1) is 0 Å². The Bertz CT molecular complexity index is 557. The van der Waals surface area contributed by atoms with Gasteiger partial charge in [0.15, 0.2) is 0 Å². The lowest BCUT2D eigenvalue weighted by molar-refractivity contribution is -0.125. The third kappa shape index (κ3) is 1.90. The van der Waals surface area contributed by atoms with Crippen LogP contribution in [0.5, 0.6) is 0 Å². The van der Waals surface area contributed by atoms with E-state index < -0.39 is 6.10 Å². The van der Waals surface area contributed by atoms with Gasteiger partial charge in [0.05, 0.1) is 11.4 Å². The molecule has 0 aromatic heterocycles. The number of benzene rings is 1. The SMILES string of the molecule is CS[C@@H]1C=C2N(C)C(=O)C[C@@]2(c2ccccc2)C[C@@H]1O. The van der Waals surface area contributed by atoms with Gasteiger partial charge in [-0.15, -0.1) is 0 Å². The Morgan fingerprint density at radius 1 is 1.35 bits per heavy atom. The number of thioether (sulfide) groups is 1. The summed E-state index contributed by atoms with van der Waals surface area (Å²) in [5, 5.41) is 10.5. The van der Waals surface area contributed by atoms with Gasteiger partial charge in [0, 0.05) is 24.6 Å². The predicted octanol–water partition coefficient (Wildman–Crippen LogP) is 2.17. The number of hydrogen-bond acceptors (Lipinski definition) is 3. The third-order valence-electron chi connectivity index (χ3n) is 4.54. The highest BCUT2D eigenvalue weighted by Crippen LogP contribution is 2.50. The summed E-state index contributed by atoms with van der Waals surface area (Å²) < 4.78 is 0. The summed E-state index contributed by atoms with van der Waals surface area (Å²) in [5.41, 5.74) is 1.83. The van der Waals surface area contributed by atoms with Gasteiger partial charge in [-0.1, -0.05) is 30.3 Å². The van der Waals surface area contributed by atoms with Gasteiger partial charge in [-0.3, -0.25) is 4.79 Å². The average molecular weight is 289 g/mol. The minimum absolute atomic E-state index is 0.0650. The Morgan fingerprint density at radius 3 is 2.70 bits per heavy atom. The lowest BCUT2D eigenvalue weighted by Crippen LogP contribution is -2.40. The van der Waals surface area contributed by atoms with Crippen molar-refractivity contribution in [3.63, 3.8) is 0 Å². The quantitative estimate of drug-likeness (QED) is 0.907. The smallest absolute Gasteiger partial charge is 0.227 e. The predicted molar refractivity (Wildman–Crippen MR) is 81.5 cm³/mol. The molecule has 0 spiro atoms. The Morgan fingerprint density at radius 2 is 2.05 bits per heavy atom. The van der Waals surface area contributed by atoms with Gasteiger partial charge in [0.1, 0.15) is 0 Å². The fraction of sp³-hybridized carbons (Fsp3) is 0.438. The number of allylic oxidation sites excluding steroid dienone is 1. The van der Waals surface area contributed by atoms with Crippen LogP contribution >= 0.6 is 11.8 Å². The highest BCUT2D eigenvalue weighted by Gasteiger charge is 2.51. The maximum atomic E-state index is 12.2. The zero-order chi connectivity index (χ0) is 14.3. The molecule has 0 unspecified atom stereocenters. The van der Waals surface area contributed by atoms with Crippen molar-refractivity contribution in [3.8, 4) is 0 Å². The molecule has 1 aromatic carbocycles. The van der Waals surface area contributed by atoms with E-state index in [0.29, 0.717) is 12.8 Å². The number of carbonyl (C=O) groups is 1. The summed E-state index contributed by atoms with van der Waals surface area (Å²) in [6.45, 7) is 0. The molecule has 106 valence electrons. The highest BCUT2D eigenvalue weighted by atomic mass is 32.2. The number of hydrogen-bond donors (Lipinski definition) is 1. The van der Waals surface area contributed by atoms with Crippen molar-refractivity contribution < 1.29 is 9.90 Å². The summed E-state index contributed by atoms with van der Waals surface area (Å²) in [5.74, 6) is 0.133. The molecule has 0 radical (unpaired) electrons. The first-order valence-electron chi connectivity index (χ1n) is 6.84. The molecular formula is C16H19NO2S. The number of carbonyl (C=O) groups excluding carboxylic acids is 1. The lowest BCUT2D eigenvalue weighted by atomic mass is 9.69. The number of aliphatic hydroxyl groups excluding tert-OH is 1. The number of likely N-dealkylation sites (tertiary alicyclic amines) is 1.